The Kier molecular flexibility index (Phi) is 4.19. The zero-order valence-electron chi connectivity index (χ0n) is 10.7. The first-order valence-electron chi connectivity index (χ1n) is 5.50. The fourth-order valence-corrected chi connectivity index (χ4v) is 3.26. The number of hydrogen-bond donors (Lipinski definition) is 1. The highest BCUT2D eigenvalue weighted by atomic mass is 32.2. The normalized spacial score (nSPS) is 13.2. The molecule has 4 nitrogen and oxygen atoms in total. The highest BCUT2D eigenvalue weighted by Crippen LogP contribution is 2.30. The van der Waals surface area contributed by atoms with Crippen molar-refractivity contribution in [2.75, 3.05) is 5.75 Å². The second-order valence-electron chi connectivity index (χ2n) is 4.97. The first kappa shape index (κ1) is 16.5. The van der Waals surface area contributed by atoms with Gasteiger partial charge in [-0.1, -0.05) is 0 Å². The Morgan fingerprint density at radius 2 is 1.60 bits per heavy atom. The van der Waals surface area contributed by atoms with Crippen LogP contribution in [0.25, 0.3) is 0 Å². The molecule has 0 aliphatic carbocycles. The topological polar surface area (TPSA) is 71.4 Å². The van der Waals surface area contributed by atoms with Gasteiger partial charge in [0.25, 0.3) is 0 Å². The van der Waals surface area contributed by atoms with Crippen LogP contribution >= 0.6 is 0 Å². The van der Waals surface area contributed by atoms with Gasteiger partial charge in [0.1, 0.15) is 0 Å². The average Bonchev–Trinajstić information content (AvgIpc) is 2.26. The molecule has 1 aromatic rings. The van der Waals surface area contributed by atoms with Gasteiger partial charge in [0.05, 0.1) is 21.6 Å². The van der Waals surface area contributed by atoms with E-state index in [1.165, 1.54) is 13.8 Å². The first-order valence-corrected chi connectivity index (χ1v) is 7.15. The van der Waals surface area contributed by atoms with E-state index in [0.29, 0.717) is 12.1 Å². The Labute approximate surface area is 114 Å². The van der Waals surface area contributed by atoms with Crippen LogP contribution in [0.4, 0.5) is 13.2 Å². The Hall–Kier alpha value is -1.57. The molecule has 1 aromatic carbocycles. The minimum absolute atomic E-state index is 0.333. The lowest BCUT2D eigenvalue weighted by Gasteiger charge is -2.19. The molecule has 1 rings (SSSR count). The Morgan fingerprint density at radius 3 is 1.95 bits per heavy atom. The quantitative estimate of drug-likeness (QED) is 0.928. The summed E-state index contributed by atoms with van der Waals surface area (Å²) in [5.41, 5.74) is -2.49. The molecule has 0 atom stereocenters. The van der Waals surface area contributed by atoms with Crippen molar-refractivity contribution in [3.63, 3.8) is 0 Å². The number of sulfone groups is 1. The summed E-state index contributed by atoms with van der Waals surface area (Å²) in [6.07, 6.45) is -4.55. The van der Waals surface area contributed by atoms with Crippen LogP contribution in [-0.4, -0.2) is 25.2 Å². The van der Waals surface area contributed by atoms with Crippen molar-refractivity contribution in [3.8, 4) is 0 Å². The van der Waals surface area contributed by atoms with Gasteiger partial charge in [0, 0.05) is 0 Å². The second kappa shape index (κ2) is 5.08. The predicted molar refractivity (Wildman–Crippen MR) is 64.9 cm³/mol. The van der Waals surface area contributed by atoms with Crippen LogP contribution < -0.4 is 0 Å². The van der Waals surface area contributed by atoms with Crippen molar-refractivity contribution in [2.24, 2.45) is 5.41 Å². The van der Waals surface area contributed by atoms with E-state index in [-0.39, 0.29) is 4.90 Å². The third kappa shape index (κ3) is 3.72. The third-order valence-electron chi connectivity index (χ3n) is 2.67. The molecule has 0 bridgehead atoms. The average molecular weight is 310 g/mol. The van der Waals surface area contributed by atoms with Crippen molar-refractivity contribution < 1.29 is 31.5 Å². The van der Waals surface area contributed by atoms with Gasteiger partial charge >= 0.3 is 12.1 Å². The van der Waals surface area contributed by atoms with Crippen LogP contribution in [0.1, 0.15) is 19.4 Å². The summed E-state index contributed by atoms with van der Waals surface area (Å²) in [5, 5.41) is 8.89. The maximum Gasteiger partial charge on any atom is 0.416 e. The minimum atomic E-state index is -4.55. The second-order valence-corrected chi connectivity index (χ2v) is 6.96. The van der Waals surface area contributed by atoms with Gasteiger partial charge < -0.3 is 5.11 Å². The van der Waals surface area contributed by atoms with E-state index in [0.717, 1.165) is 12.1 Å². The molecule has 0 aliphatic heterocycles. The highest BCUT2D eigenvalue weighted by molar-refractivity contribution is 7.91. The zero-order valence-corrected chi connectivity index (χ0v) is 11.5. The van der Waals surface area contributed by atoms with E-state index in [9.17, 15) is 26.4 Å². The summed E-state index contributed by atoms with van der Waals surface area (Å²) in [4.78, 5) is 10.6. The largest absolute Gasteiger partial charge is 0.481 e. The third-order valence-corrected chi connectivity index (χ3v) is 4.76. The summed E-state index contributed by atoms with van der Waals surface area (Å²) in [5.74, 6) is -1.99. The molecule has 8 heteroatoms. The van der Waals surface area contributed by atoms with E-state index in [1.54, 1.807) is 0 Å². The molecule has 112 valence electrons. The van der Waals surface area contributed by atoms with Crippen LogP contribution in [0, 0.1) is 5.41 Å². The van der Waals surface area contributed by atoms with Gasteiger partial charge in [0.15, 0.2) is 9.84 Å². The van der Waals surface area contributed by atoms with Gasteiger partial charge in [-0.3, -0.25) is 4.79 Å². The molecule has 0 heterocycles. The zero-order chi connectivity index (χ0) is 15.8. The molecule has 0 saturated heterocycles. The van der Waals surface area contributed by atoms with E-state index in [1.807, 2.05) is 0 Å². The number of halogens is 3. The first-order chi connectivity index (χ1) is 8.86. The molecule has 0 aromatic heterocycles. The lowest BCUT2D eigenvalue weighted by Crippen LogP contribution is -2.32. The molecular formula is C12H13F3O4S. The van der Waals surface area contributed by atoms with E-state index < -0.39 is 38.7 Å². The fourth-order valence-electron chi connectivity index (χ4n) is 1.47. The standard InChI is InChI=1S/C12H13F3O4S/c1-11(2,10(16)17)7-20(18,19)9-5-3-8(4-6-9)12(13,14)15/h3-6H,7H2,1-2H3,(H,16,17). The number of carboxylic acid groups (broad SMARTS) is 1. The van der Waals surface area contributed by atoms with Gasteiger partial charge in [-0.25, -0.2) is 8.42 Å². The number of alkyl halides is 3. The number of carbonyl (C=O) groups is 1. The number of rotatable bonds is 4. The van der Waals surface area contributed by atoms with Gasteiger partial charge in [-0.05, 0) is 38.1 Å². The molecule has 1 N–H and O–H groups in total. The molecule has 0 fully saturated rings. The minimum Gasteiger partial charge on any atom is -0.481 e. The molecule has 0 aliphatic rings. The predicted octanol–water partition coefficient (Wildman–Crippen LogP) is 2.59. The summed E-state index contributed by atoms with van der Waals surface area (Å²) >= 11 is 0. The summed E-state index contributed by atoms with van der Waals surface area (Å²) in [6, 6.07) is 2.97. The van der Waals surface area contributed by atoms with Gasteiger partial charge in [0.2, 0.25) is 0 Å². The Morgan fingerprint density at radius 1 is 1.15 bits per heavy atom. The number of carboxylic acids is 1. The van der Waals surface area contributed by atoms with Crippen molar-refractivity contribution in [2.45, 2.75) is 24.9 Å². The lowest BCUT2D eigenvalue weighted by molar-refractivity contribution is -0.145. The molecule has 0 saturated carbocycles. The van der Waals surface area contributed by atoms with E-state index >= 15 is 0 Å². The number of benzene rings is 1. The van der Waals surface area contributed by atoms with Crippen LogP contribution in [0.15, 0.2) is 29.2 Å². The van der Waals surface area contributed by atoms with Crippen LogP contribution in [0.3, 0.4) is 0 Å². The maximum atomic E-state index is 12.4. The van der Waals surface area contributed by atoms with E-state index in [4.69, 9.17) is 5.11 Å². The maximum absolute atomic E-state index is 12.4. The Bertz CT molecular complexity index is 601. The SMILES string of the molecule is CC(C)(CS(=O)(=O)c1ccc(C(F)(F)F)cc1)C(=O)O. The monoisotopic (exact) mass is 310 g/mol. The molecule has 20 heavy (non-hydrogen) atoms. The van der Waals surface area contributed by atoms with Crippen LogP contribution in [0.2, 0.25) is 0 Å². The number of hydrogen-bond acceptors (Lipinski definition) is 3. The van der Waals surface area contributed by atoms with Gasteiger partial charge in [-0.15, -0.1) is 0 Å². The van der Waals surface area contributed by atoms with Crippen LogP contribution in [0.5, 0.6) is 0 Å². The molecular weight excluding hydrogens is 297 g/mol. The lowest BCUT2D eigenvalue weighted by atomic mass is 9.97. The van der Waals surface area contributed by atoms with E-state index in [2.05, 4.69) is 0 Å². The fraction of sp³-hybridized carbons (Fsp3) is 0.417. The molecule has 0 spiro atoms. The van der Waals surface area contributed by atoms with Crippen molar-refractivity contribution in [3.05, 3.63) is 29.8 Å². The highest BCUT2D eigenvalue weighted by Gasteiger charge is 2.35. The van der Waals surface area contributed by atoms with Crippen molar-refractivity contribution in [1.29, 1.82) is 0 Å². The van der Waals surface area contributed by atoms with Gasteiger partial charge in [-0.2, -0.15) is 13.2 Å². The van der Waals surface area contributed by atoms with Crippen molar-refractivity contribution in [1.82, 2.24) is 0 Å². The molecule has 0 radical (unpaired) electrons. The van der Waals surface area contributed by atoms with Crippen LogP contribution in [-0.2, 0) is 20.8 Å². The Balaban J connectivity index is 3.09. The molecule has 0 unspecified atom stereocenters. The summed E-state index contributed by atoms with van der Waals surface area (Å²) < 4.78 is 61.0. The summed E-state index contributed by atoms with van der Waals surface area (Å²) in [6.45, 7) is 2.47. The number of aliphatic carboxylic acids is 1. The summed E-state index contributed by atoms with van der Waals surface area (Å²) in [7, 11) is -3.97. The molecule has 0 amide bonds. The van der Waals surface area contributed by atoms with Crippen molar-refractivity contribution >= 4 is 15.8 Å². The smallest absolute Gasteiger partial charge is 0.416 e.